The number of nitrogens with zero attached hydrogens (tertiary/aromatic N) is 1. The van der Waals surface area contributed by atoms with E-state index in [-0.39, 0.29) is 4.90 Å². The van der Waals surface area contributed by atoms with Crippen molar-refractivity contribution < 1.29 is 13.2 Å². The van der Waals surface area contributed by atoms with Gasteiger partial charge in [-0.15, -0.1) is 5.73 Å². The Hall–Kier alpha value is -2.49. The van der Waals surface area contributed by atoms with Crippen LogP contribution in [0, 0.1) is 6.92 Å². The van der Waals surface area contributed by atoms with Crippen molar-refractivity contribution >= 4 is 15.7 Å². The molecule has 0 amide bonds. The lowest BCUT2D eigenvalue weighted by atomic mass is 10.1. The summed E-state index contributed by atoms with van der Waals surface area (Å²) in [6, 6.07) is 13.8. The highest BCUT2D eigenvalue weighted by molar-refractivity contribution is 7.89. The summed E-state index contributed by atoms with van der Waals surface area (Å²) >= 11 is 0. The fourth-order valence-electron chi connectivity index (χ4n) is 2.15. The molecular formula is C18H19NO3S. The van der Waals surface area contributed by atoms with E-state index in [9.17, 15) is 8.42 Å². The predicted molar refractivity (Wildman–Crippen MR) is 91.7 cm³/mol. The van der Waals surface area contributed by atoms with E-state index in [1.165, 1.54) is 11.4 Å². The molecule has 0 heterocycles. The van der Waals surface area contributed by atoms with Gasteiger partial charge in [0.2, 0.25) is 0 Å². The van der Waals surface area contributed by atoms with Crippen molar-refractivity contribution in [2.75, 3.05) is 14.2 Å². The fourth-order valence-corrected chi connectivity index (χ4v) is 3.36. The highest BCUT2D eigenvalue weighted by Gasteiger charge is 2.23. The Labute approximate surface area is 137 Å². The van der Waals surface area contributed by atoms with Crippen LogP contribution in [-0.2, 0) is 10.0 Å². The van der Waals surface area contributed by atoms with E-state index in [2.05, 4.69) is 12.3 Å². The second-order valence-corrected chi connectivity index (χ2v) is 7.01. The third-order valence-electron chi connectivity index (χ3n) is 3.50. The number of aryl methyl sites for hydroxylation is 1. The van der Waals surface area contributed by atoms with Crippen molar-refractivity contribution in [1.82, 2.24) is 4.31 Å². The molecule has 0 bridgehead atoms. The molecule has 2 aromatic carbocycles. The van der Waals surface area contributed by atoms with Crippen LogP contribution >= 0.6 is 0 Å². The van der Waals surface area contributed by atoms with Crippen LogP contribution in [-0.4, -0.2) is 26.9 Å². The normalized spacial score (nSPS) is 10.7. The van der Waals surface area contributed by atoms with Crippen LogP contribution in [0.1, 0.15) is 11.1 Å². The van der Waals surface area contributed by atoms with E-state index in [1.807, 2.05) is 6.92 Å². The van der Waals surface area contributed by atoms with Gasteiger partial charge in [-0.1, -0.05) is 36.4 Å². The minimum absolute atomic E-state index is 0.223. The highest BCUT2D eigenvalue weighted by atomic mass is 32.2. The minimum Gasteiger partial charge on any atom is -0.497 e. The smallest absolute Gasteiger partial charge is 0.264 e. The van der Waals surface area contributed by atoms with Gasteiger partial charge >= 0.3 is 0 Å². The van der Waals surface area contributed by atoms with Gasteiger partial charge in [-0.3, -0.25) is 4.31 Å². The molecule has 0 N–H and O–H groups in total. The second kappa shape index (κ2) is 6.73. The summed E-state index contributed by atoms with van der Waals surface area (Å²) in [5, 5.41) is 0. The lowest BCUT2D eigenvalue weighted by Gasteiger charge is -2.21. The van der Waals surface area contributed by atoms with Crippen LogP contribution in [0.15, 0.2) is 65.7 Å². The number of benzene rings is 2. The van der Waals surface area contributed by atoms with Crippen molar-refractivity contribution in [3.8, 4) is 5.75 Å². The molecule has 0 aliphatic carbocycles. The maximum Gasteiger partial charge on any atom is 0.264 e. The summed E-state index contributed by atoms with van der Waals surface area (Å²) in [6.45, 7) is 5.53. The summed E-state index contributed by atoms with van der Waals surface area (Å²) in [5.74, 6) is 0.636. The van der Waals surface area contributed by atoms with E-state index in [1.54, 1.807) is 55.6 Å². The average Bonchev–Trinajstić information content (AvgIpc) is 2.56. The van der Waals surface area contributed by atoms with E-state index in [4.69, 9.17) is 4.74 Å². The molecule has 120 valence electrons. The average molecular weight is 329 g/mol. The van der Waals surface area contributed by atoms with Gasteiger partial charge in [0.15, 0.2) is 0 Å². The van der Waals surface area contributed by atoms with Crippen molar-refractivity contribution in [3.63, 3.8) is 0 Å². The van der Waals surface area contributed by atoms with Gasteiger partial charge in [0.05, 0.1) is 12.0 Å². The Bertz CT molecular complexity index is 848. The number of hydrogen-bond acceptors (Lipinski definition) is 3. The fraction of sp³-hybridized carbons (Fsp3) is 0.167. The van der Waals surface area contributed by atoms with Gasteiger partial charge in [0.1, 0.15) is 11.4 Å². The molecule has 0 fully saturated rings. The standard InChI is InChI=1S/C18H19NO3S/c1-5-18(15-7-6-8-16(13-15)22-4)19(3)23(20,21)17-11-9-14(2)10-12-17/h6-13H,1H2,2-4H3. The maximum atomic E-state index is 12.8. The summed E-state index contributed by atoms with van der Waals surface area (Å²) < 4.78 is 31.9. The molecule has 0 aliphatic heterocycles. The molecule has 0 radical (unpaired) electrons. The first-order valence-corrected chi connectivity index (χ1v) is 8.44. The molecule has 4 nitrogen and oxygen atoms in total. The quantitative estimate of drug-likeness (QED) is 0.789. The van der Waals surface area contributed by atoms with E-state index >= 15 is 0 Å². The Morgan fingerprint density at radius 3 is 2.39 bits per heavy atom. The van der Waals surface area contributed by atoms with Gasteiger partial charge in [-0.05, 0) is 31.2 Å². The van der Waals surface area contributed by atoms with Gasteiger partial charge in [-0.25, -0.2) is 8.42 Å². The van der Waals surface area contributed by atoms with Crippen molar-refractivity contribution in [1.29, 1.82) is 0 Å². The first-order valence-electron chi connectivity index (χ1n) is 7.00. The minimum atomic E-state index is -3.68. The number of rotatable bonds is 5. The number of hydrogen-bond donors (Lipinski definition) is 0. The predicted octanol–water partition coefficient (Wildman–Crippen LogP) is 3.45. The molecule has 23 heavy (non-hydrogen) atoms. The SMILES string of the molecule is C=C=C(c1cccc(OC)c1)N(C)S(=O)(=O)c1ccc(C)cc1. The van der Waals surface area contributed by atoms with Crippen molar-refractivity contribution in [2.45, 2.75) is 11.8 Å². The van der Waals surface area contributed by atoms with E-state index in [0.717, 1.165) is 5.56 Å². The topological polar surface area (TPSA) is 46.6 Å². The second-order valence-electron chi connectivity index (χ2n) is 5.04. The molecule has 2 aromatic rings. The van der Waals surface area contributed by atoms with E-state index in [0.29, 0.717) is 17.0 Å². The highest BCUT2D eigenvalue weighted by Crippen LogP contribution is 2.26. The van der Waals surface area contributed by atoms with Gasteiger partial charge in [-0.2, -0.15) is 0 Å². The van der Waals surface area contributed by atoms with Crippen molar-refractivity contribution in [2.24, 2.45) is 0 Å². The lowest BCUT2D eigenvalue weighted by Crippen LogP contribution is -2.25. The van der Waals surface area contributed by atoms with Crippen LogP contribution < -0.4 is 4.74 Å². The van der Waals surface area contributed by atoms with Gasteiger partial charge < -0.3 is 4.74 Å². The Morgan fingerprint density at radius 1 is 1.17 bits per heavy atom. The summed E-state index contributed by atoms with van der Waals surface area (Å²) in [7, 11) is -0.635. The molecule has 0 spiro atoms. The monoisotopic (exact) mass is 329 g/mol. The zero-order valence-electron chi connectivity index (χ0n) is 13.4. The number of ether oxygens (including phenoxy) is 1. The molecule has 2 rings (SSSR count). The van der Waals surface area contributed by atoms with Gasteiger partial charge in [0.25, 0.3) is 10.0 Å². The van der Waals surface area contributed by atoms with Crippen molar-refractivity contribution in [3.05, 3.63) is 72.0 Å². The zero-order chi connectivity index (χ0) is 17.0. The number of sulfonamides is 1. The van der Waals surface area contributed by atoms with E-state index < -0.39 is 10.0 Å². The van der Waals surface area contributed by atoms with Crippen LogP contribution in [0.5, 0.6) is 5.75 Å². The molecule has 0 atom stereocenters. The molecule has 0 aliphatic rings. The van der Waals surface area contributed by atoms with Crippen LogP contribution in [0.2, 0.25) is 0 Å². The Morgan fingerprint density at radius 2 is 1.83 bits per heavy atom. The number of methoxy groups -OCH3 is 1. The largest absolute Gasteiger partial charge is 0.497 e. The molecular weight excluding hydrogens is 310 g/mol. The summed E-state index contributed by atoms with van der Waals surface area (Å²) in [5.41, 5.74) is 4.74. The molecule has 0 aromatic heterocycles. The summed E-state index contributed by atoms with van der Waals surface area (Å²) in [4.78, 5) is 0.223. The molecule has 0 saturated heterocycles. The first kappa shape index (κ1) is 16.9. The first-order chi connectivity index (χ1) is 10.9. The van der Waals surface area contributed by atoms with Crippen LogP contribution in [0.25, 0.3) is 5.70 Å². The third-order valence-corrected chi connectivity index (χ3v) is 5.28. The zero-order valence-corrected chi connectivity index (χ0v) is 14.2. The molecule has 0 unspecified atom stereocenters. The van der Waals surface area contributed by atoms with Gasteiger partial charge in [0, 0.05) is 12.6 Å². The lowest BCUT2D eigenvalue weighted by molar-refractivity contribution is 0.414. The molecule has 5 heteroatoms. The Kier molecular flexibility index (Phi) is 4.94. The Balaban J connectivity index is 2.45. The maximum absolute atomic E-state index is 12.8. The van der Waals surface area contributed by atoms with Crippen LogP contribution in [0.4, 0.5) is 0 Å². The van der Waals surface area contributed by atoms with Crippen LogP contribution in [0.3, 0.4) is 0 Å². The third kappa shape index (κ3) is 3.47. The molecule has 0 saturated carbocycles. The summed E-state index contributed by atoms with van der Waals surface area (Å²) in [6.07, 6.45) is 0.